The van der Waals surface area contributed by atoms with Crippen LogP contribution in [0.4, 0.5) is 17.1 Å². The number of benzene rings is 9. The lowest BCUT2D eigenvalue weighted by Crippen LogP contribution is -2.26. The second-order valence-electron chi connectivity index (χ2n) is 14.3. The summed E-state index contributed by atoms with van der Waals surface area (Å²) >= 11 is 0. The number of hydrogen-bond acceptors (Lipinski definition) is 2. The molecule has 0 atom stereocenters. The summed E-state index contributed by atoms with van der Waals surface area (Å²) in [5.41, 5.74) is 15.1. The van der Waals surface area contributed by atoms with Crippen LogP contribution in [-0.2, 0) is 5.41 Å². The molecule has 1 spiro atoms. The van der Waals surface area contributed by atoms with Gasteiger partial charge in [-0.15, -0.1) is 0 Å². The summed E-state index contributed by atoms with van der Waals surface area (Å²) in [6, 6.07) is 69.0. The zero-order valence-corrected chi connectivity index (χ0v) is 28.8. The Morgan fingerprint density at radius 2 is 0.981 bits per heavy atom. The minimum atomic E-state index is -0.506. The largest absolute Gasteiger partial charge is 0.454 e. The van der Waals surface area contributed by atoms with E-state index in [1.165, 1.54) is 66.1 Å². The molecule has 53 heavy (non-hydrogen) atoms. The number of furan rings is 1. The first kappa shape index (κ1) is 28.8. The summed E-state index contributed by atoms with van der Waals surface area (Å²) in [6.07, 6.45) is 0. The third kappa shape index (κ3) is 3.67. The smallest absolute Gasteiger partial charge is 0.159 e. The van der Waals surface area contributed by atoms with Crippen molar-refractivity contribution in [3.8, 4) is 22.3 Å². The van der Waals surface area contributed by atoms with Crippen molar-refractivity contribution in [2.24, 2.45) is 0 Å². The molecular weight excluding hydrogens is 643 g/mol. The first-order valence-corrected chi connectivity index (χ1v) is 18.4. The molecule has 12 rings (SSSR count). The highest BCUT2D eigenvalue weighted by atomic mass is 16.3. The van der Waals surface area contributed by atoms with Crippen molar-refractivity contribution in [2.75, 3.05) is 4.90 Å². The minimum Gasteiger partial charge on any atom is -0.454 e. The molecule has 246 valence electrons. The minimum absolute atomic E-state index is 0.506. The lowest BCUT2D eigenvalue weighted by molar-refractivity contribution is 0.669. The van der Waals surface area contributed by atoms with Crippen LogP contribution in [-0.4, -0.2) is 0 Å². The van der Waals surface area contributed by atoms with Gasteiger partial charge >= 0.3 is 0 Å². The van der Waals surface area contributed by atoms with E-state index in [9.17, 15) is 0 Å². The molecule has 2 nitrogen and oxygen atoms in total. The van der Waals surface area contributed by atoms with Gasteiger partial charge in [-0.2, -0.15) is 0 Å². The van der Waals surface area contributed by atoms with Gasteiger partial charge in [-0.05, 0) is 91.0 Å². The van der Waals surface area contributed by atoms with Crippen molar-refractivity contribution in [2.45, 2.75) is 5.41 Å². The van der Waals surface area contributed by atoms with Gasteiger partial charge in [0.1, 0.15) is 5.58 Å². The molecule has 1 aromatic heterocycles. The molecule has 1 heterocycles. The fourth-order valence-electron chi connectivity index (χ4n) is 9.81. The fourth-order valence-corrected chi connectivity index (χ4v) is 9.81. The van der Waals surface area contributed by atoms with Crippen LogP contribution >= 0.6 is 0 Å². The van der Waals surface area contributed by atoms with Crippen molar-refractivity contribution in [3.63, 3.8) is 0 Å². The Morgan fingerprint density at radius 1 is 0.377 bits per heavy atom. The Kier molecular flexibility index (Phi) is 5.73. The van der Waals surface area contributed by atoms with Gasteiger partial charge in [0.25, 0.3) is 0 Å². The summed E-state index contributed by atoms with van der Waals surface area (Å²) in [5, 5.41) is 7.21. The molecule has 0 aliphatic heterocycles. The van der Waals surface area contributed by atoms with Gasteiger partial charge < -0.3 is 9.32 Å². The number of para-hydroxylation sites is 3. The van der Waals surface area contributed by atoms with E-state index in [4.69, 9.17) is 4.42 Å². The first-order valence-electron chi connectivity index (χ1n) is 18.4. The van der Waals surface area contributed by atoms with E-state index < -0.39 is 5.41 Å². The molecule has 0 bridgehead atoms. The van der Waals surface area contributed by atoms with E-state index in [1.54, 1.807) is 0 Å². The van der Waals surface area contributed by atoms with Crippen molar-refractivity contribution in [1.29, 1.82) is 0 Å². The molecule has 10 aromatic rings. The highest BCUT2D eigenvalue weighted by Gasteiger charge is 2.52. The van der Waals surface area contributed by atoms with Crippen LogP contribution in [0.15, 0.2) is 192 Å². The zero-order valence-electron chi connectivity index (χ0n) is 28.8. The van der Waals surface area contributed by atoms with Crippen molar-refractivity contribution in [3.05, 3.63) is 210 Å². The van der Waals surface area contributed by atoms with Crippen molar-refractivity contribution < 1.29 is 4.42 Å². The van der Waals surface area contributed by atoms with Crippen LogP contribution in [0.5, 0.6) is 0 Å². The van der Waals surface area contributed by atoms with Gasteiger partial charge in [0.15, 0.2) is 5.58 Å². The van der Waals surface area contributed by atoms with Gasteiger partial charge in [-0.1, -0.05) is 158 Å². The topological polar surface area (TPSA) is 16.4 Å². The SMILES string of the molecule is c1ccc(N(c2cc3c(c4ccccc24)-c2c(ccc4ccccc24)C32c3ccccc3-c3ccccc32)c2cccc3c2oc2ccccc23)cc1. The molecule has 2 heteroatoms. The molecule has 2 aliphatic carbocycles. The molecule has 9 aromatic carbocycles. The summed E-state index contributed by atoms with van der Waals surface area (Å²) in [5.74, 6) is 0. The normalized spacial score (nSPS) is 13.4. The summed E-state index contributed by atoms with van der Waals surface area (Å²) in [4.78, 5) is 2.43. The Balaban J connectivity index is 1.27. The lowest BCUT2D eigenvalue weighted by atomic mass is 9.70. The van der Waals surface area contributed by atoms with E-state index >= 15 is 0 Å². The van der Waals surface area contributed by atoms with Gasteiger partial charge in [-0.25, -0.2) is 0 Å². The third-order valence-corrected chi connectivity index (χ3v) is 11.8. The number of anilines is 3. The Bertz CT molecular complexity index is 3090. The van der Waals surface area contributed by atoms with Gasteiger partial charge in [0.05, 0.1) is 16.8 Å². The number of rotatable bonds is 3. The number of nitrogens with zero attached hydrogens (tertiary/aromatic N) is 1. The molecule has 0 N–H and O–H groups in total. The van der Waals surface area contributed by atoms with E-state index in [0.717, 1.165) is 39.0 Å². The second-order valence-corrected chi connectivity index (χ2v) is 14.3. The first-order chi connectivity index (χ1) is 26.3. The van der Waals surface area contributed by atoms with Crippen LogP contribution < -0.4 is 4.90 Å². The van der Waals surface area contributed by atoms with E-state index in [0.29, 0.717) is 0 Å². The van der Waals surface area contributed by atoms with E-state index in [1.807, 2.05) is 6.07 Å². The van der Waals surface area contributed by atoms with Crippen LogP contribution in [0.25, 0.3) is 65.7 Å². The van der Waals surface area contributed by atoms with Gasteiger partial charge in [0.2, 0.25) is 0 Å². The van der Waals surface area contributed by atoms with Gasteiger partial charge in [-0.3, -0.25) is 0 Å². The predicted octanol–water partition coefficient (Wildman–Crippen LogP) is 13.7. The maximum Gasteiger partial charge on any atom is 0.159 e. The molecule has 0 radical (unpaired) electrons. The molecule has 0 saturated heterocycles. The standard InChI is InChI=1S/C51H31NO/c1-2-16-33(17-3-1)52(45-27-14-24-40-38-22-10-13-28-47(38)53-50(40)45)46-31-44-49(39-23-7-6-21-37(39)46)48-34-18-5-4-15-32(34)29-30-43(48)51(44)41-25-11-8-19-35(41)36-20-9-12-26-42(36)51/h1-31H. The zero-order chi connectivity index (χ0) is 34.7. The van der Waals surface area contributed by atoms with Crippen LogP contribution in [0.2, 0.25) is 0 Å². The van der Waals surface area contributed by atoms with Crippen molar-refractivity contribution in [1.82, 2.24) is 0 Å². The second kappa shape index (κ2) is 10.6. The number of hydrogen-bond donors (Lipinski definition) is 0. The third-order valence-electron chi connectivity index (χ3n) is 11.8. The molecule has 0 fully saturated rings. The van der Waals surface area contributed by atoms with E-state index in [-0.39, 0.29) is 0 Å². The quantitative estimate of drug-likeness (QED) is 0.186. The van der Waals surface area contributed by atoms with Crippen molar-refractivity contribution >= 4 is 60.5 Å². The average molecular weight is 674 g/mol. The molecule has 0 saturated carbocycles. The Hall–Kier alpha value is -6.90. The number of fused-ring (bicyclic) bond motifs is 17. The lowest BCUT2D eigenvalue weighted by Gasteiger charge is -2.33. The Labute approximate surface area is 306 Å². The highest BCUT2D eigenvalue weighted by molar-refractivity contribution is 6.18. The summed E-state index contributed by atoms with van der Waals surface area (Å²) in [7, 11) is 0. The Morgan fingerprint density at radius 3 is 1.77 bits per heavy atom. The molecule has 0 amide bonds. The predicted molar refractivity (Wildman–Crippen MR) is 220 cm³/mol. The fraction of sp³-hybridized carbons (Fsp3) is 0.0196. The maximum atomic E-state index is 6.76. The highest BCUT2D eigenvalue weighted by Crippen LogP contribution is 2.66. The average Bonchev–Trinajstić information content (AvgIpc) is 3.86. The van der Waals surface area contributed by atoms with E-state index in [2.05, 4.69) is 187 Å². The van der Waals surface area contributed by atoms with Crippen LogP contribution in [0.1, 0.15) is 22.3 Å². The van der Waals surface area contributed by atoms with Gasteiger partial charge in [0, 0.05) is 21.8 Å². The molecule has 0 unspecified atom stereocenters. The summed E-state index contributed by atoms with van der Waals surface area (Å²) in [6.45, 7) is 0. The maximum absolute atomic E-state index is 6.76. The molecule has 2 aliphatic rings. The monoisotopic (exact) mass is 673 g/mol. The van der Waals surface area contributed by atoms with Crippen LogP contribution in [0, 0.1) is 0 Å². The summed E-state index contributed by atoms with van der Waals surface area (Å²) < 4.78 is 6.76. The molecular formula is C51H31NO. The van der Waals surface area contributed by atoms with Crippen LogP contribution in [0.3, 0.4) is 0 Å².